The fourth-order valence-electron chi connectivity index (χ4n) is 2.74. The molecule has 28 heavy (non-hydrogen) atoms. The molecule has 0 aliphatic rings. The Hall–Kier alpha value is -3.87. The van der Waals surface area contributed by atoms with Gasteiger partial charge >= 0.3 is 17.8 Å². The molecule has 0 radical (unpaired) electrons. The number of rotatable bonds is 4. The molecular weight excluding hydrogens is 360 g/mol. The number of esters is 1. The first-order valence-electron chi connectivity index (χ1n) is 8.60. The number of phenolic OH excluding ortho intramolecular Hbond substituents is 1. The van der Waals surface area contributed by atoms with Gasteiger partial charge in [0.1, 0.15) is 5.75 Å². The van der Waals surface area contributed by atoms with Gasteiger partial charge in [0, 0.05) is 16.5 Å². The molecule has 142 valence electrons. The van der Waals surface area contributed by atoms with Gasteiger partial charge in [0.05, 0.1) is 17.9 Å². The number of nitrogens with one attached hydrogen (secondary N) is 2. The summed E-state index contributed by atoms with van der Waals surface area (Å²) in [5, 5.41) is 16.0. The summed E-state index contributed by atoms with van der Waals surface area (Å²) in [4.78, 5) is 36.7. The van der Waals surface area contributed by atoms with Crippen molar-refractivity contribution in [1.29, 1.82) is 0 Å². The SMILES string of the molecule is CCOC(=O)c1ccccc1NC(=O)C(=O)Nc1cccc2c(O)cccc12. The molecule has 0 bridgehead atoms. The number of anilines is 2. The summed E-state index contributed by atoms with van der Waals surface area (Å²) in [6, 6.07) is 16.1. The van der Waals surface area contributed by atoms with E-state index >= 15 is 0 Å². The number of fused-ring (bicyclic) bond motifs is 1. The molecule has 0 fully saturated rings. The van der Waals surface area contributed by atoms with Crippen LogP contribution in [0, 0.1) is 0 Å². The van der Waals surface area contributed by atoms with Crippen LogP contribution in [-0.2, 0) is 14.3 Å². The minimum absolute atomic E-state index is 0.0708. The van der Waals surface area contributed by atoms with Gasteiger partial charge in [-0.25, -0.2) is 4.79 Å². The highest BCUT2D eigenvalue weighted by molar-refractivity contribution is 6.44. The van der Waals surface area contributed by atoms with Crippen molar-refractivity contribution >= 4 is 39.9 Å². The fraction of sp³-hybridized carbons (Fsp3) is 0.0952. The van der Waals surface area contributed by atoms with E-state index in [1.54, 1.807) is 49.4 Å². The number of amides is 2. The summed E-state index contributed by atoms with van der Waals surface area (Å²) in [5.74, 6) is -2.37. The number of phenols is 1. The molecular formula is C21H18N2O5. The topological polar surface area (TPSA) is 105 Å². The summed E-state index contributed by atoms with van der Waals surface area (Å²) >= 11 is 0. The number of hydrogen-bond acceptors (Lipinski definition) is 5. The molecule has 0 saturated heterocycles. The third kappa shape index (κ3) is 3.93. The second-order valence-corrected chi connectivity index (χ2v) is 5.85. The molecule has 0 atom stereocenters. The maximum absolute atomic E-state index is 12.4. The molecule has 3 aromatic carbocycles. The molecule has 2 amide bonds. The third-order valence-corrected chi connectivity index (χ3v) is 4.02. The first-order chi connectivity index (χ1) is 13.5. The largest absolute Gasteiger partial charge is 0.507 e. The van der Waals surface area contributed by atoms with Gasteiger partial charge in [-0.1, -0.05) is 36.4 Å². The average Bonchev–Trinajstić information content (AvgIpc) is 2.69. The van der Waals surface area contributed by atoms with Crippen molar-refractivity contribution in [2.75, 3.05) is 17.2 Å². The first-order valence-corrected chi connectivity index (χ1v) is 8.60. The van der Waals surface area contributed by atoms with E-state index < -0.39 is 17.8 Å². The summed E-state index contributed by atoms with van der Waals surface area (Å²) in [7, 11) is 0. The molecule has 3 rings (SSSR count). The lowest BCUT2D eigenvalue weighted by Gasteiger charge is -2.11. The number of carbonyl (C=O) groups is 3. The number of para-hydroxylation sites is 1. The smallest absolute Gasteiger partial charge is 0.340 e. The maximum Gasteiger partial charge on any atom is 0.340 e. The highest BCUT2D eigenvalue weighted by Crippen LogP contribution is 2.29. The summed E-state index contributed by atoms with van der Waals surface area (Å²) in [6.07, 6.45) is 0. The van der Waals surface area contributed by atoms with Crippen LogP contribution in [0.5, 0.6) is 5.75 Å². The molecule has 0 unspecified atom stereocenters. The Morgan fingerprint density at radius 1 is 0.821 bits per heavy atom. The van der Waals surface area contributed by atoms with Crippen molar-refractivity contribution in [3.8, 4) is 5.75 Å². The minimum atomic E-state index is -0.936. The van der Waals surface area contributed by atoms with Gasteiger partial charge in [-0.3, -0.25) is 9.59 Å². The zero-order chi connectivity index (χ0) is 20.1. The minimum Gasteiger partial charge on any atom is -0.507 e. The standard InChI is InChI=1S/C21H18N2O5/c1-2-28-21(27)15-7-3-4-10-17(15)23-20(26)19(25)22-16-11-5-9-14-13(16)8-6-12-18(14)24/h3-12,24H,2H2,1H3,(H,22,25)(H,23,26). The van der Waals surface area contributed by atoms with E-state index in [1.165, 1.54) is 18.2 Å². The summed E-state index contributed by atoms with van der Waals surface area (Å²) in [6.45, 7) is 1.87. The van der Waals surface area contributed by atoms with Gasteiger partial charge in [-0.15, -0.1) is 0 Å². The van der Waals surface area contributed by atoms with E-state index in [-0.39, 0.29) is 23.6 Å². The molecule has 3 aromatic rings. The van der Waals surface area contributed by atoms with Gasteiger partial charge in [-0.2, -0.15) is 0 Å². The van der Waals surface area contributed by atoms with Crippen molar-refractivity contribution in [2.24, 2.45) is 0 Å². The Labute approximate surface area is 160 Å². The van der Waals surface area contributed by atoms with Gasteiger partial charge in [-0.05, 0) is 31.2 Å². The van der Waals surface area contributed by atoms with E-state index in [0.717, 1.165) is 0 Å². The molecule has 0 heterocycles. The van der Waals surface area contributed by atoms with Crippen LogP contribution in [0.3, 0.4) is 0 Å². The van der Waals surface area contributed by atoms with Crippen LogP contribution in [0.4, 0.5) is 11.4 Å². The van der Waals surface area contributed by atoms with Crippen molar-refractivity contribution in [2.45, 2.75) is 6.92 Å². The Kier molecular flexibility index (Phi) is 5.55. The van der Waals surface area contributed by atoms with Crippen LogP contribution in [0.1, 0.15) is 17.3 Å². The highest BCUT2D eigenvalue weighted by atomic mass is 16.5. The van der Waals surface area contributed by atoms with Crippen LogP contribution >= 0.6 is 0 Å². The van der Waals surface area contributed by atoms with Gasteiger partial charge < -0.3 is 20.5 Å². The zero-order valence-corrected chi connectivity index (χ0v) is 15.1. The second-order valence-electron chi connectivity index (χ2n) is 5.85. The first kappa shape index (κ1) is 18.9. The highest BCUT2D eigenvalue weighted by Gasteiger charge is 2.19. The average molecular weight is 378 g/mol. The normalized spacial score (nSPS) is 10.3. The van der Waals surface area contributed by atoms with E-state index in [1.807, 2.05) is 0 Å². The molecule has 3 N–H and O–H groups in total. The van der Waals surface area contributed by atoms with E-state index in [0.29, 0.717) is 16.5 Å². The lowest BCUT2D eigenvalue weighted by Crippen LogP contribution is -2.29. The van der Waals surface area contributed by atoms with Crippen LogP contribution in [0.2, 0.25) is 0 Å². The maximum atomic E-state index is 12.4. The zero-order valence-electron chi connectivity index (χ0n) is 15.1. The summed E-state index contributed by atoms with van der Waals surface area (Å²) < 4.78 is 4.95. The number of carbonyl (C=O) groups excluding carboxylic acids is 3. The lowest BCUT2D eigenvalue weighted by molar-refractivity contribution is -0.132. The molecule has 0 aliphatic carbocycles. The van der Waals surface area contributed by atoms with Crippen molar-refractivity contribution in [3.63, 3.8) is 0 Å². The van der Waals surface area contributed by atoms with Crippen LogP contribution < -0.4 is 10.6 Å². The number of ether oxygens (including phenoxy) is 1. The van der Waals surface area contributed by atoms with Crippen LogP contribution in [0.15, 0.2) is 60.7 Å². The van der Waals surface area contributed by atoms with E-state index in [9.17, 15) is 19.5 Å². The lowest BCUT2D eigenvalue weighted by atomic mass is 10.1. The molecule has 0 aliphatic heterocycles. The fourth-order valence-corrected chi connectivity index (χ4v) is 2.74. The predicted octanol–water partition coefficient (Wildman–Crippen LogP) is 3.30. The van der Waals surface area contributed by atoms with Gasteiger partial charge in [0.25, 0.3) is 0 Å². The Morgan fingerprint density at radius 3 is 2.18 bits per heavy atom. The Bertz CT molecular complexity index is 1060. The second kappa shape index (κ2) is 8.22. The Balaban J connectivity index is 1.79. The van der Waals surface area contributed by atoms with Gasteiger partial charge in [0.2, 0.25) is 0 Å². The van der Waals surface area contributed by atoms with E-state index in [2.05, 4.69) is 10.6 Å². The molecule has 0 aromatic heterocycles. The molecule has 7 nitrogen and oxygen atoms in total. The molecule has 0 saturated carbocycles. The predicted molar refractivity (Wildman–Crippen MR) is 105 cm³/mol. The third-order valence-electron chi connectivity index (χ3n) is 4.02. The number of aromatic hydroxyl groups is 1. The van der Waals surface area contributed by atoms with Crippen LogP contribution in [0.25, 0.3) is 10.8 Å². The number of benzene rings is 3. The van der Waals surface area contributed by atoms with Crippen LogP contribution in [-0.4, -0.2) is 29.5 Å². The number of hydrogen-bond donors (Lipinski definition) is 3. The Morgan fingerprint density at radius 2 is 1.43 bits per heavy atom. The van der Waals surface area contributed by atoms with Crippen molar-refractivity contribution in [3.05, 3.63) is 66.2 Å². The van der Waals surface area contributed by atoms with Gasteiger partial charge in [0.15, 0.2) is 0 Å². The van der Waals surface area contributed by atoms with Crippen molar-refractivity contribution < 1.29 is 24.2 Å². The quantitative estimate of drug-likeness (QED) is 0.477. The monoisotopic (exact) mass is 378 g/mol. The van der Waals surface area contributed by atoms with Crippen molar-refractivity contribution in [1.82, 2.24) is 0 Å². The molecule has 0 spiro atoms. The molecule has 7 heteroatoms. The summed E-state index contributed by atoms with van der Waals surface area (Å²) in [5.41, 5.74) is 0.712. The van der Waals surface area contributed by atoms with E-state index in [4.69, 9.17) is 4.74 Å².